The summed E-state index contributed by atoms with van der Waals surface area (Å²) in [5.74, 6) is 0.969. The second-order valence-electron chi connectivity index (χ2n) is 6.27. The van der Waals surface area contributed by atoms with Crippen molar-refractivity contribution in [3.8, 4) is 23.3 Å². The predicted molar refractivity (Wildman–Crippen MR) is 112 cm³/mol. The second-order valence-corrected chi connectivity index (χ2v) is 7.25. The number of thioether (sulfide) groups is 1. The molecule has 1 atom stereocenters. The van der Waals surface area contributed by atoms with Gasteiger partial charge in [-0.15, -0.1) is 0 Å². The smallest absolute Gasteiger partial charge is 0.338 e. The van der Waals surface area contributed by atoms with Crippen molar-refractivity contribution in [3.05, 3.63) is 39.7 Å². The zero-order chi connectivity index (χ0) is 22.0. The Morgan fingerprint density at radius 3 is 2.40 bits per heavy atom. The van der Waals surface area contributed by atoms with E-state index in [1.165, 1.54) is 21.3 Å². The number of fused-ring (bicyclic) bond motifs is 1. The van der Waals surface area contributed by atoms with Gasteiger partial charge in [-0.1, -0.05) is 0 Å². The molecule has 1 aromatic carbocycles. The van der Waals surface area contributed by atoms with E-state index in [0.717, 1.165) is 11.8 Å². The third-order valence-corrected chi connectivity index (χ3v) is 5.65. The molecule has 0 amide bonds. The molecule has 2 N–H and O–H groups in total. The highest BCUT2D eigenvalue weighted by Gasteiger charge is 2.43. The van der Waals surface area contributed by atoms with Crippen molar-refractivity contribution in [2.24, 2.45) is 10.7 Å². The van der Waals surface area contributed by atoms with Gasteiger partial charge in [0.2, 0.25) is 5.75 Å². The first-order chi connectivity index (χ1) is 14.4. The number of hydrogen-bond acceptors (Lipinski definition) is 10. The number of methoxy groups -OCH3 is 3. The van der Waals surface area contributed by atoms with Gasteiger partial charge in [0, 0.05) is 0 Å². The topological polar surface area (TPSA) is 119 Å². The monoisotopic (exact) mass is 430 g/mol. The maximum Gasteiger partial charge on any atom is 0.338 e. The Labute approximate surface area is 178 Å². The summed E-state index contributed by atoms with van der Waals surface area (Å²) in [6.45, 7) is 3.66. The fourth-order valence-corrected chi connectivity index (χ4v) is 4.30. The molecule has 2 aliphatic heterocycles. The van der Waals surface area contributed by atoms with E-state index >= 15 is 0 Å². The van der Waals surface area contributed by atoms with E-state index in [1.807, 2.05) is 0 Å². The zero-order valence-corrected chi connectivity index (χ0v) is 18.1. The van der Waals surface area contributed by atoms with E-state index in [4.69, 9.17) is 24.7 Å². The van der Waals surface area contributed by atoms with E-state index in [2.05, 4.69) is 11.1 Å². The van der Waals surface area contributed by atoms with Crippen molar-refractivity contribution in [1.82, 2.24) is 4.90 Å². The maximum absolute atomic E-state index is 12.9. The normalized spacial score (nSPS) is 17.9. The zero-order valence-electron chi connectivity index (χ0n) is 17.3. The predicted octanol–water partition coefficient (Wildman–Crippen LogP) is 2.66. The number of benzene rings is 1. The summed E-state index contributed by atoms with van der Waals surface area (Å²) in [6.07, 6.45) is 0. The number of esters is 1. The van der Waals surface area contributed by atoms with Gasteiger partial charge in [-0.25, -0.2) is 9.79 Å². The quantitative estimate of drug-likeness (QED) is 0.679. The number of nitriles is 1. The Hall–Kier alpha value is -3.32. The molecule has 3 rings (SSSR count). The lowest BCUT2D eigenvalue weighted by Gasteiger charge is -2.35. The molecule has 0 unspecified atom stereocenters. The number of aliphatic imine (C=N–C) groups is 1. The highest BCUT2D eigenvalue weighted by molar-refractivity contribution is 8.17. The summed E-state index contributed by atoms with van der Waals surface area (Å²) in [5, 5.41) is 9.95. The molecule has 2 aliphatic rings. The molecule has 10 heteroatoms. The fourth-order valence-electron chi connectivity index (χ4n) is 3.39. The van der Waals surface area contributed by atoms with Crippen LogP contribution in [0.3, 0.4) is 0 Å². The lowest BCUT2D eigenvalue weighted by atomic mass is 9.94. The summed E-state index contributed by atoms with van der Waals surface area (Å²) >= 11 is 1.16. The molecule has 0 saturated carbocycles. The van der Waals surface area contributed by atoms with Crippen molar-refractivity contribution in [1.29, 1.82) is 5.26 Å². The summed E-state index contributed by atoms with van der Waals surface area (Å²) < 4.78 is 21.6. The molecule has 0 aromatic heterocycles. The minimum Gasteiger partial charge on any atom is -0.493 e. The van der Waals surface area contributed by atoms with Crippen LogP contribution in [0.5, 0.6) is 17.2 Å². The van der Waals surface area contributed by atoms with Crippen LogP contribution in [-0.4, -0.2) is 44.0 Å². The Kier molecular flexibility index (Phi) is 6.12. The van der Waals surface area contributed by atoms with E-state index in [0.29, 0.717) is 44.2 Å². The van der Waals surface area contributed by atoms with Crippen molar-refractivity contribution < 1.29 is 23.7 Å². The molecule has 158 valence electrons. The third kappa shape index (κ3) is 3.41. The number of amidine groups is 1. The number of ether oxygens (including phenoxy) is 4. The first kappa shape index (κ1) is 21.4. The number of hydrogen-bond donors (Lipinski definition) is 1. The number of nitrogens with two attached hydrogens (primary N) is 1. The van der Waals surface area contributed by atoms with E-state index in [-0.39, 0.29) is 12.4 Å². The minimum absolute atomic E-state index is 0.206. The number of allylic oxidation sites excluding steroid dienone is 2. The van der Waals surface area contributed by atoms with Gasteiger partial charge in [0.05, 0.1) is 45.2 Å². The average molecular weight is 430 g/mol. The Bertz CT molecular complexity index is 1000. The van der Waals surface area contributed by atoms with Gasteiger partial charge in [0.25, 0.3) is 0 Å². The number of nitrogens with zero attached hydrogens (tertiary/aromatic N) is 3. The Morgan fingerprint density at radius 1 is 1.27 bits per heavy atom. The molecule has 0 saturated heterocycles. The first-order valence-corrected chi connectivity index (χ1v) is 9.86. The first-order valence-electron chi connectivity index (χ1n) is 9.05. The SMILES string of the molecule is CCOC(=O)C1=C(C)N=C2SC(C#N)=C(N)N2[C@@H]1c1cc(OC)c(OC)c(OC)c1. The van der Waals surface area contributed by atoms with Crippen LogP contribution in [0.25, 0.3) is 0 Å². The lowest BCUT2D eigenvalue weighted by Crippen LogP contribution is -2.38. The highest BCUT2D eigenvalue weighted by Crippen LogP contribution is 2.48. The van der Waals surface area contributed by atoms with Gasteiger partial charge >= 0.3 is 5.97 Å². The molecular formula is C20H22N4O5S. The van der Waals surface area contributed by atoms with Gasteiger partial charge in [-0.05, 0) is 43.3 Å². The van der Waals surface area contributed by atoms with Gasteiger partial charge in [0.15, 0.2) is 16.7 Å². The van der Waals surface area contributed by atoms with Gasteiger partial charge in [-0.3, -0.25) is 4.90 Å². The number of rotatable bonds is 6. The van der Waals surface area contributed by atoms with Crippen molar-refractivity contribution >= 4 is 22.9 Å². The van der Waals surface area contributed by atoms with E-state index in [9.17, 15) is 10.1 Å². The second kappa shape index (κ2) is 8.59. The van der Waals surface area contributed by atoms with E-state index < -0.39 is 12.0 Å². The highest BCUT2D eigenvalue weighted by atomic mass is 32.2. The third-order valence-electron chi connectivity index (χ3n) is 4.68. The fraction of sp³-hybridized carbons (Fsp3) is 0.350. The molecule has 0 radical (unpaired) electrons. The average Bonchev–Trinajstić information content (AvgIpc) is 3.06. The molecular weight excluding hydrogens is 408 g/mol. The van der Waals surface area contributed by atoms with Crippen molar-refractivity contribution in [2.75, 3.05) is 27.9 Å². The van der Waals surface area contributed by atoms with Crippen LogP contribution in [0.4, 0.5) is 0 Å². The summed E-state index contributed by atoms with van der Waals surface area (Å²) in [6, 6.07) is 4.87. The molecule has 2 heterocycles. The van der Waals surface area contributed by atoms with Crippen LogP contribution in [0.15, 0.2) is 39.1 Å². The Morgan fingerprint density at radius 2 is 1.90 bits per heavy atom. The maximum atomic E-state index is 12.9. The van der Waals surface area contributed by atoms with Gasteiger partial charge in [-0.2, -0.15) is 5.26 Å². The summed E-state index contributed by atoms with van der Waals surface area (Å²) in [7, 11) is 4.53. The number of carbonyl (C=O) groups excluding carboxylic acids is 1. The Balaban J connectivity index is 2.27. The summed E-state index contributed by atoms with van der Waals surface area (Å²) in [4.78, 5) is 19.3. The van der Waals surface area contributed by atoms with Crippen LogP contribution in [0, 0.1) is 11.3 Å². The van der Waals surface area contributed by atoms with Gasteiger partial charge in [0.1, 0.15) is 16.8 Å². The van der Waals surface area contributed by atoms with Crippen molar-refractivity contribution in [2.45, 2.75) is 19.9 Å². The van der Waals surface area contributed by atoms with Crippen LogP contribution in [0.1, 0.15) is 25.5 Å². The molecule has 9 nitrogen and oxygen atoms in total. The van der Waals surface area contributed by atoms with Gasteiger partial charge < -0.3 is 24.7 Å². The van der Waals surface area contributed by atoms with E-state index in [1.54, 1.807) is 30.9 Å². The standard InChI is InChI=1S/C20H22N4O5S/c1-6-29-19(25)15-10(2)23-20-24(18(22)14(9-21)30-20)16(15)11-7-12(26-3)17(28-5)13(8-11)27-4/h7-8,16H,6,22H2,1-5H3/t16-/m1/s1. The van der Waals surface area contributed by atoms with Crippen LogP contribution in [-0.2, 0) is 9.53 Å². The largest absolute Gasteiger partial charge is 0.493 e. The molecule has 0 bridgehead atoms. The molecule has 0 fully saturated rings. The van der Waals surface area contributed by atoms with Crippen LogP contribution < -0.4 is 19.9 Å². The molecule has 0 aliphatic carbocycles. The minimum atomic E-state index is -0.691. The van der Waals surface area contributed by atoms with Crippen LogP contribution >= 0.6 is 11.8 Å². The number of carbonyl (C=O) groups is 1. The molecule has 30 heavy (non-hydrogen) atoms. The van der Waals surface area contributed by atoms with Crippen molar-refractivity contribution in [3.63, 3.8) is 0 Å². The summed E-state index contributed by atoms with van der Waals surface area (Å²) in [5.41, 5.74) is 7.71. The molecule has 1 aromatic rings. The van der Waals surface area contributed by atoms with Crippen LogP contribution in [0.2, 0.25) is 0 Å². The lowest BCUT2D eigenvalue weighted by molar-refractivity contribution is -0.139. The molecule has 0 spiro atoms.